The Balaban J connectivity index is 0.00000341. The first-order chi connectivity index (χ1) is 14.7. The van der Waals surface area contributed by atoms with Gasteiger partial charge in [0.2, 0.25) is 5.91 Å². The summed E-state index contributed by atoms with van der Waals surface area (Å²) < 4.78 is 0. The second-order valence-corrected chi connectivity index (χ2v) is 7.94. The molecule has 168 valence electrons. The molecule has 1 aliphatic rings. The van der Waals surface area contributed by atoms with Crippen LogP contribution >= 0.6 is 24.0 Å². The monoisotopic (exact) mass is 534 g/mol. The van der Waals surface area contributed by atoms with Crippen molar-refractivity contribution in [3.05, 3.63) is 71.8 Å². The first kappa shape index (κ1) is 25.2. The maximum absolute atomic E-state index is 11.6. The summed E-state index contributed by atoms with van der Waals surface area (Å²) in [5.41, 5.74) is 2.69. The van der Waals surface area contributed by atoms with E-state index in [1.165, 1.54) is 11.1 Å². The number of hydrogen-bond donors (Lipinski definition) is 2. The number of likely N-dealkylation sites (tertiary alicyclic amines) is 1. The number of amides is 1. The van der Waals surface area contributed by atoms with Crippen molar-refractivity contribution >= 4 is 35.8 Å². The maximum Gasteiger partial charge on any atom is 0.220 e. The van der Waals surface area contributed by atoms with Gasteiger partial charge in [-0.3, -0.25) is 9.79 Å². The zero-order valence-electron chi connectivity index (χ0n) is 18.6. The number of nitrogens with zero attached hydrogens (tertiary/aromatic N) is 2. The predicted molar refractivity (Wildman–Crippen MR) is 139 cm³/mol. The van der Waals surface area contributed by atoms with Crippen molar-refractivity contribution in [1.82, 2.24) is 15.5 Å². The summed E-state index contributed by atoms with van der Waals surface area (Å²) in [6.45, 7) is 2.75. The Labute approximate surface area is 203 Å². The van der Waals surface area contributed by atoms with Crippen molar-refractivity contribution in [2.75, 3.05) is 33.7 Å². The van der Waals surface area contributed by atoms with Crippen LogP contribution in [0.2, 0.25) is 0 Å². The molecule has 0 spiro atoms. The summed E-state index contributed by atoms with van der Waals surface area (Å²) in [6.07, 6.45) is 3.70. The fourth-order valence-electron chi connectivity index (χ4n) is 4.27. The number of hydrogen-bond acceptors (Lipinski definition) is 2. The van der Waals surface area contributed by atoms with E-state index < -0.39 is 0 Å². The third-order valence-electron chi connectivity index (χ3n) is 6.00. The van der Waals surface area contributed by atoms with Gasteiger partial charge in [-0.1, -0.05) is 60.7 Å². The van der Waals surface area contributed by atoms with E-state index in [-0.39, 0.29) is 29.9 Å². The van der Waals surface area contributed by atoms with E-state index in [1.807, 2.05) is 7.05 Å². The van der Waals surface area contributed by atoms with Crippen LogP contribution in [0.15, 0.2) is 65.7 Å². The zero-order chi connectivity index (χ0) is 21.2. The molecular formula is C25H35IN4O. The fraction of sp³-hybridized carbons (Fsp3) is 0.440. The SMILES string of the molecule is CN=C(NCCC(c1ccccc1)c1ccccc1)N1CCC(CC(=O)NC)CC1.I. The topological polar surface area (TPSA) is 56.7 Å². The molecule has 0 aromatic heterocycles. The summed E-state index contributed by atoms with van der Waals surface area (Å²) in [7, 11) is 3.56. The molecule has 5 nitrogen and oxygen atoms in total. The maximum atomic E-state index is 11.6. The molecule has 1 fully saturated rings. The minimum Gasteiger partial charge on any atom is -0.359 e. The minimum absolute atomic E-state index is 0. The van der Waals surface area contributed by atoms with E-state index >= 15 is 0 Å². The van der Waals surface area contributed by atoms with E-state index in [2.05, 4.69) is 81.2 Å². The van der Waals surface area contributed by atoms with Gasteiger partial charge in [0, 0.05) is 46.1 Å². The molecule has 0 radical (unpaired) electrons. The van der Waals surface area contributed by atoms with Gasteiger partial charge in [0.1, 0.15) is 0 Å². The van der Waals surface area contributed by atoms with Crippen molar-refractivity contribution in [2.45, 2.75) is 31.6 Å². The third-order valence-corrected chi connectivity index (χ3v) is 6.00. The van der Waals surface area contributed by atoms with Gasteiger partial charge in [0.05, 0.1) is 0 Å². The largest absolute Gasteiger partial charge is 0.359 e. The smallest absolute Gasteiger partial charge is 0.220 e. The van der Waals surface area contributed by atoms with Gasteiger partial charge in [0.15, 0.2) is 5.96 Å². The second kappa shape index (κ2) is 13.3. The van der Waals surface area contributed by atoms with Gasteiger partial charge in [0.25, 0.3) is 0 Å². The van der Waals surface area contributed by atoms with E-state index in [0.29, 0.717) is 18.3 Å². The number of halogens is 1. The molecule has 0 saturated carbocycles. The number of benzene rings is 2. The Morgan fingerprint density at radius 2 is 1.58 bits per heavy atom. The van der Waals surface area contributed by atoms with Crippen LogP contribution in [0.1, 0.15) is 42.7 Å². The molecule has 0 unspecified atom stereocenters. The first-order valence-electron chi connectivity index (χ1n) is 11.0. The lowest BCUT2D eigenvalue weighted by Gasteiger charge is -2.34. The molecule has 1 amide bonds. The van der Waals surface area contributed by atoms with Crippen LogP contribution in [-0.2, 0) is 4.79 Å². The van der Waals surface area contributed by atoms with Gasteiger partial charge in [-0.2, -0.15) is 0 Å². The number of carbonyl (C=O) groups is 1. The van der Waals surface area contributed by atoms with Crippen LogP contribution in [-0.4, -0.2) is 50.5 Å². The molecule has 31 heavy (non-hydrogen) atoms. The lowest BCUT2D eigenvalue weighted by Crippen LogP contribution is -2.46. The zero-order valence-corrected chi connectivity index (χ0v) is 20.9. The highest BCUT2D eigenvalue weighted by Crippen LogP contribution is 2.27. The molecule has 6 heteroatoms. The van der Waals surface area contributed by atoms with Crippen molar-refractivity contribution in [3.63, 3.8) is 0 Å². The van der Waals surface area contributed by atoms with Crippen LogP contribution in [0, 0.1) is 5.92 Å². The molecule has 3 rings (SSSR count). The lowest BCUT2D eigenvalue weighted by molar-refractivity contribution is -0.121. The highest BCUT2D eigenvalue weighted by atomic mass is 127. The summed E-state index contributed by atoms with van der Waals surface area (Å²) in [5, 5.41) is 6.31. The normalized spacial score (nSPS) is 14.8. The minimum atomic E-state index is 0. The quantitative estimate of drug-likeness (QED) is 0.317. The molecule has 2 aromatic carbocycles. The fourth-order valence-corrected chi connectivity index (χ4v) is 4.27. The van der Waals surface area contributed by atoms with Crippen molar-refractivity contribution in [3.8, 4) is 0 Å². The summed E-state index contributed by atoms with van der Waals surface area (Å²) >= 11 is 0. The Morgan fingerprint density at radius 3 is 2.06 bits per heavy atom. The second-order valence-electron chi connectivity index (χ2n) is 7.94. The molecule has 1 saturated heterocycles. The van der Waals surface area contributed by atoms with Crippen LogP contribution < -0.4 is 10.6 Å². The van der Waals surface area contributed by atoms with Crippen molar-refractivity contribution < 1.29 is 4.79 Å². The molecular weight excluding hydrogens is 499 g/mol. The Hall–Kier alpha value is -2.09. The lowest BCUT2D eigenvalue weighted by atomic mass is 9.88. The van der Waals surface area contributed by atoms with E-state index in [1.54, 1.807) is 7.05 Å². The molecule has 0 atom stereocenters. The standard InChI is InChI=1S/C25H34N4O.HI/c1-26-24(30)19-20-14-17-29(18-15-20)25(27-2)28-16-13-23(21-9-5-3-6-10-21)22-11-7-4-8-12-22;/h3-12,20,23H,13-19H2,1-2H3,(H,26,30)(H,27,28);1H. The molecule has 0 aliphatic carbocycles. The van der Waals surface area contributed by atoms with Crippen molar-refractivity contribution in [1.29, 1.82) is 0 Å². The van der Waals surface area contributed by atoms with Crippen LogP contribution in [0.25, 0.3) is 0 Å². The number of aliphatic imine (C=N–C) groups is 1. The van der Waals surface area contributed by atoms with Crippen molar-refractivity contribution in [2.24, 2.45) is 10.9 Å². The molecule has 2 N–H and O–H groups in total. The van der Waals surface area contributed by atoms with E-state index in [4.69, 9.17) is 0 Å². The Bertz CT molecular complexity index is 765. The summed E-state index contributed by atoms with van der Waals surface area (Å²) in [6, 6.07) is 21.4. The number of guanidine groups is 1. The number of carbonyl (C=O) groups excluding carboxylic acids is 1. The third kappa shape index (κ3) is 7.52. The number of rotatable bonds is 7. The van der Waals surface area contributed by atoms with E-state index in [0.717, 1.165) is 44.9 Å². The summed E-state index contributed by atoms with van der Waals surface area (Å²) in [5.74, 6) is 1.94. The summed E-state index contributed by atoms with van der Waals surface area (Å²) in [4.78, 5) is 18.5. The van der Waals surface area contributed by atoms with Gasteiger partial charge < -0.3 is 15.5 Å². The molecule has 1 heterocycles. The Morgan fingerprint density at radius 1 is 1.03 bits per heavy atom. The average molecular weight is 534 g/mol. The van der Waals surface area contributed by atoms with Gasteiger partial charge >= 0.3 is 0 Å². The predicted octanol–water partition coefficient (Wildman–Crippen LogP) is 4.25. The molecule has 1 aliphatic heterocycles. The first-order valence-corrected chi connectivity index (χ1v) is 11.0. The number of nitrogens with one attached hydrogen (secondary N) is 2. The average Bonchev–Trinajstić information content (AvgIpc) is 2.81. The van der Waals surface area contributed by atoms with Gasteiger partial charge in [-0.25, -0.2) is 0 Å². The molecule has 0 bridgehead atoms. The Kier molecular flexibility index (Phi) is 10.8. The highest BCUT2D eigenvalue weighted by molar-refractivity contribution is 14.0. The van der Waals surface area contributed by atoms with Crippen LogP contribution in [0.5, 0.6) is 0 Å². The highest BCUT2D eigenvalue weighted by Gasteiger charge is 2.23. The van der Waals surface area contributed by atoms with Gasteiger partial charge in [-0.05, 0) is 36.3 Å². The van der Waals surface area contributed by atoms with Crippen LogP contribution in [0.3, 0.4) is 0 Å². The van der Waals surface area contributed by atoms with Crippen LogP contribution in [0.4, 0.5) is 0 Å². The number of piperidine rings is 1. The molecule has 2 aromatic rings. The van der Waals surface area contributed by atoms with Gasteiger partial charge in [-0.15, -0.1) is 24.0 Å². The van der Waals surface area contributed by atoms with E-state index in [9.17, 15) is 4.79 Å².